The maximum Gasteiger partial charge on any atom is 0.171 e. The van der Waals surface area contributed by atoms with Crippen LogP contribution in [-0.4, -0.2) is 36.8 Å². The van der Waals surface area contributed by atoms with Crippen molar-refractivity contribution in [1.29, 1.82) is 5.26 Å². The Kier molecular flexibility index (Phi) is 6.23. The van der Waals surface area contributed by atoms with Crippen molar-refractivity contribution in [1.82, 2.24) is 23.7 Å². The highest BCUT2D eigenvalue weighted by Crippen LogP contribution is 2.39. The standard InChI is InChI=1S/C21H26FN7S/c1-3-27(4-2)21-17(19-16-10-12-29(30-22)20(16)25-14-24-19)13-28(26-21)18(9-11-23)15-7-5-6-8-15/h10,12-15,18H,3-9H2,1-2H3. The van der Waals surface area contributed by atoms with Gasteiger partial charge in [0.05, 0.1) is 29.8 Å². The van der Waals surface area contributed by atoms with Crippen molar-refractivity contribution in [3.05, 3.63) is 24.8 Å². The molecule has 1 atom stereocenters. The summed E-state index contributed by atoms with van der Waals surface area (Å²) in [6.07, 6.45) is 10.3. The zero-order chi connectivity index (χ0) is 21.1. The quantitative estimate of drug-likeness (QED) is 0.494. The number of halogens is 1. The SMILES string of the molecule is CCN(CC)c1nn(C(CC#N)C2CCCC2)cc1-c1ncnc2c1ccn2SF. The van der Waals surface area contributed by atoms with Crippen LogP contribution in [0.15, 0.2) is 24.8 Å². The zero-order valence-electron chi connectivity index (χ0n) is 17.3. The van der Waals surface area contributed by atoms with Gasteiger partial charge in [0.15, 0.2) is 23.8 Å². The molecule has 1 aliphatic rings. The first-order valence-corrected chi connectivity index (χ1v) is 11.2. The Labute approximate surface area is 180 Å². The largest absolute Gasteiger partial charge is 0.355 e. The molecule has 9 heteroatoms. The number of hydrogen-bond acceptors (Lipinski definition) is 6. The number of aromatic nitrogens is 5. The Bertz CT molecular complexity index is 1040. The number of anilines is 1. The Morgan fingerprint density at radius 1 is 1.30 bits per heavy atom. The van der Waals surface area contributed by atoms with Gasteiger partial charge in [-0.15, -0.1) is 3.89 Å². The normalized spacial score (nSPS) is 15.5. The molecule has 0 spiro atoms. The Hall–Kier alpha value is -2.60. The molecule has 0 N–H and O–H groups in total. The second-order valence-electron chi connectivity index (χ2n) is 7.66. The highest BCUT2D eigenvalue weighted by Gasteiger charge is 2.29. The maximum absolute atomic E-state index is 13.3. The van der Waals surface area contributed by atoms with Gasteiger partial charge in [0.1, 0.15) is 6.33 Å². The van der Waals surface area contributed by atoms with Crippen LogP contribution >= 0.6 is 12.3 Å². The lowest BCUT2D eigenvalue weighted by Crippen LogP contribution is -2.24. The number of nitrogens with zero attached hydrogens (tertiary/aromatic N) is 7. The minimum absolute atomic E-state index is 0.0592. The van der Waals surface area contributed by atoms with Crippen LogP contribution in [0.5, 0.6) is 0 Å². The van der Waals surface area contributed by atoms with E-state index in [1.165, 1.54) is 23.1 Å². The summed E-state index contributed by atoms with van der Waals surface area (Å²) in [5, 5.41) is 15.2. The lowest BCUT2D eigenvalue weighted by atomic mass is 9.96. The van der Waals surface area contributed by atoms with Gasteiger partial charge in [0.25, 0.3) is 0 Å². The number of fused-ring (bicyclic) bond motifs is 1. The molecule has 30 heavy (non-hydrogen) atoms. The molecule has 3 heterocycles. The van der Waals surface area contributed by atoms with Gasteiger partial charge in [-0.05, 0) is 38.7 Å². The molecule has 0 bridgehead atoms. The van der Waals surface area contributed by atoms with E-state index in [0.29, 0.717) is 18.0 Å². The fourth-order valence-corrected chi connectivity index (χ4v) is 4.90. The van der Waals surface area contributed by atoms with E-state index in [4.69, 9.17) is 5.10 Å². The lowest BCUT2D eigenvalue weighted by Gasteiger charge is -2.22. The number of nitriles is 1. The van der Waals surface area contributed by atoms with Crippen molar-refractivity contribution in [2.75, 3.05) is 18.0 Å². The van der Waals surface area contributed by atoms with Gasteiger partial charge in [0, 0.05) is 30.9 Å². The van der Waals surface area contributed by atoms with E-state index in [2.05, 4.69) is 34.8 Å². The molecule has 0 amide bonds. The summed E-state index contributed by atoms with van der Waals surface area (Å²) in [6.45, 7) is 5.81. The highest BCUT2D eigenvalue weighted by atomic mass is 32.2. The van der Waals surface area contributed by atoms with E-state index < -0.39 is 0 Å². The molecule has 1 saturated carbocycles. The van der Waals surface area contributed by atoms with Gasteiger partial charge < -0.3 is 4.90 Å². The van der Waals surface area contributed by atoms with Crippen LogP contribution in [0.2, 0.25) is 0 Å². The van der Waals surface area contributed by atoms with Crippen LogP contribution < -0.4 is 4.90 Å². The summed E-state index contributed by atoms with van der Waals surface area (Å²) in [5.74, 6) is 1.32. The van der Waals surface area contributed by atoms with Crippen LogP contribution in [0.3, 0.4) is 0 Å². The predicted molar refractivity (Wildman–Crippen MR) is 118 cm³/mol. The van der Waals surface area contributed by atoms with Crippen LogP contribution in [0, 0.1) is 17.2 Å². The Morgan fingerprint density at radius 2 is 2.07 bits per heavy atom. The highest BCUT2D eigenvalue weighted by molar-refractivity contribution is 7.92. The smallest absolute Gasteiger partial charge is 0.171 e. The second-order valence-corrected chi connectivity index (χ2v) is 8.19. The number of rotatable bonds is 8. The summed E-state index contributed by atoms with van der Waals surface area (Å²) in [6, 6.07) is 4.26. The van der Waals surface area contributed by atoms with Crippen molar-refractivity contribution in [2.45, 2.75) is 52.0 Å². The van der Waals surface area contributed by atoms with Gasteiger partial charge in [0.2, 0.25) is 0 Å². The van der Waals surface area contributed by atoms with Crippen molar-refractivity contribution in [3.63, 3.8) is 0 Å². The minimum atomic E-state index is 0.0592. The van der Waals surface area contributed by atoms with E-state index in [-0.39, 0.29) is 18.4 Å². The van der Waals surface area contributed by atoms with Crippen LogP contribution in [0.4, 0.5) is 9.70 Å². The van der Waals surface area contributed by atoms with Crippen LogP contribution in [-0.2, 0) is 0 Å². The third-order valence-corrected chi connectivity index (χ3v) is 6.58. The van der Waals surface area contributed by atoms with Gasteiger partial charge in [-0.3, -0.25) is 4.68 Å². The molecular weight excluding hydrogens is 401 g/mol. The van der Waals surface area contributed by atoms with Gasteiger partial charge in [-0.2, -0.15) is 10.4 Å². The molecule has 1 fully saturated rings. The first-order chi connectivity index (χ1) is 14.7. The molecule has 0 radical (unpaired) electrons. The van der Waals surface area contributed by atoms with E-state index in [9.17, 15) is 9.15 Å². The van der Waals surface area contributed by atoms with Crippen LogP contribution in [0.25, 0.3) is 22.3 Å². The molecule has 0 aliphatic heterocycles. The maximum atomic E-state index is 13.3. The summed E-state index contributed by atoms with van der Waals surface area (Å²) < 4.78 is 16.6. The summed E-state index contributed by atoms with van der Waals surface area (Å²) in [7, 11) is 0. The molecule has 3 aromatic rings. The van der Waals surface area contributed by atoms with E-state index in [1.807, 2.05) is 16.9 Å². The monoisotopic (exact) mass is 427 g/mol. The molecule has 0 saturated heterocycles. The lowest BCUT2D eigenvalue weighted by molar-refractivity contribution is 0.315. The number of hydrogen-bond donors (Lipinski definition) is 0. The predicted octanol–water partition coefficient (Wildman–Crippen LogP) is 5.17. The molecule has 1 unspecified atom stereocenters. The molecular formula is C21H26FN7S. The first-order valence-electron chi connectivity index (χ1n) is 10.5. The van der Waals surface area contributed by atoms with E-state index in [0.717, 1.165) is 48.4 Å². The average molecular weight is 428 g/mol. The fraction of sp³-hybridized carbons (Fsp3) is 0.524. The topological polar surface area (TPSA) is 75.6 Å². The van der Waals surface area contributed by atoms with E-state index >= 15 is 0 Å². The first kappa shape index (κ1) is 20.7. The van der Waals surface area contributed by atoms with Crippen molar-refractivity contribution in [2.24, 2.45) is 5.92 Å². The zero-order valence-corrected chi connectivity index (χ0v) is 18.1. The molecule has 7 nitrogen and oxygen atoms in total. The Balaban J connectivity index is 1.86. The second kappa shape index (κ2) is 9.04. The van der Waals surface area contributed by atoms with Gasteiger partial charge in [-0.1, -0.05) is 12.8 Å². The summed E-state index contributed by atoms with van der Waals surface area (Å²) in [5.41, 5.74) is 2.17. The van der Waals surface area contributed by atoms with Crippen LogP contribution in [0.1, 0.15) is 52.0 Å². The summed E-state index contributed by atoms with van der Waals surface area (Å²) >= 11 is 0.121. The third kappa shape index (κ3) is 3.65. The molecule has 3 aromatic heterocycles. The molecule has 1 aliphatic carbocycles. The Morgan fingerprint density at radius 3 is 2.73 bits per heavy atom. The molecule has 0 aromatic carbocycles. The van der Waals surface area contributed by atoms with Crippen molar-refractivity contribution < 1.29 is 3.89 Å². The van der Waals surface area contributed by atoms with E-state index in [1.54, 1.807) is 6.20 Å². The molecule has 158 valence electrons. The van der Waals surface area contributed by atoms with Crippen molar-refractivity contribution in [3.8, 4) is 17.3 Å². The van der Waals surface area contributed by atoms with Gasteiger partial charge >= 0.3 is 0 Å². The fourth-order valence-electron chi connectivity index (χ4n) is 4.59. The minimum Gasteiger partial charge on any atom is -0.355 e. The average Bonchev–Trinajstić information content (AvgIpc) is 3.52. The van der Waals surface area contributed by atoms with Crippen molar-refractivity contribution >= 4 is 29.2 Å². The van der Waals surface area contributed by atoms with Gasteiger partial charge in [-0.25, -0.2) is 13.9 Å². The summed E-state index contributed by atoms with van der Waals surface area (Å²) in [4.78, 5) is 11.0. The molecule has 4 rings (SSSR count). The third-order valence-electron chi connectivity index (χ3n) is 6.14.